The number of nitrogens with one attached hydrogen (secondary N) is 1. The normalized spacial score (nSPS) is 11.9. The van der Waals surface area contributed by atoms with E-state index in [4.69, 9.17) is 0 Å². The molecule has 0 saturated heterocycles. The maximum absolute atomic E-state index is 12.0. The first kappa shape index (κ1) is 15.6. The Balaban J connectivity index is 2.79. The van der Waals surface area contributed by atoms with Crippen LogP contribution in [0.25, 0.3) is 0 Å². The van der Waals surface area contributed by atoms with Crippen LogP contribution in [0.3, 0.4) is 0 Å². The topological polar surface area (TPSA) is 72.2 Å². The van der Waals surface area contributed by atoms with Crippen LogP contribution in [0.1, 0.15) is 35.7 Å². The summed E-state index contributed by atoms with van der Waals surface area (Å²) < 4.78 is 0. The van der Waals surface area contributed by atoms with Crippen LogP contribution in [-0.2, 0) is 0 Å². The maximum Gasteiger partial charge on any atom is 0.282 e. The number of carbonyl (C=O) groups is 1. The van der Waals surface area contributed by atoms with Crippen molar-refractivity contribution in [2.45, 2.75) is 31.5 Å². The first-order chi connectivity index (χ1) is 8.97. The maximum atomic E-state index is 12.0. The molecule has 0 heterocycles. The van der Waals surface area contributed by atoms with E-state index < -0.39 is 4.92 Å². The highest BCUT2D eigenvalue weighted by molar-refractivity contribution is 9.09. The minimum Gasteiger partial charge on any atom is -0.352 e. The number of nitro benzene ring substituents is 1. The smallest absolute Gasteiger partial charge is 0.282 e. The molecular weight excluding hydrogens is 312 g/mol. The fourth-order valence-electron chi connectivity index (χ4n) is 1.73. The third-order valence-electron chi connectivity index (χ3n) is 2.86. The van der Waals surface area contributed by atoms with E-state index in [1.807, 2.05) is 6.92 Å². The lowest BCUT2D eigenvalue weighted by Crippen LogP contribution is -2.27. The number of amides is 1. The van der Waals surface area contributed by atoms with Gasteiger partial charge in [-0.1, -0.05) is 35.0 Å². The van der Waals surface area contributed by atoms with Gasteiger partial charge in [0, 0.05) is 17.4 Å². The molecule has 0 bridgehead atoms. The molecule has 19 heavy (non-hydrogen) atoms. The van der Waals surface area contributed by atoms with E-state index in [1.54, 1.807) is 19.1 Å². The summed E-state index contributed by atoms with van der Waals surface area (Å²) in [5.74, 6) is -0.388. The Morgan fingerprint density at radius 2 is 2.21 bits per heavy atom. The van der Waals surface area contributed by atoms with Crippen LogP contribution in [0.5, 0.6) is 0 Å². The Morgan fingerprint density at radius 3 is 2.79 bits per heavy atom. The van der Waals surface area contributed by atoms with Crippen molar-refractivity contribution in [3.63, 3.8) is 0 Å². The number of nitrogens with zero attached hydrogens (tertiary/aromatic N) is 1. The van der Waals surface area contributed by atoms with Crippen molar-refractivity contribution in [1.29, 1.82) is 0 Å². The van der Waals surface area contributed by atoms with E-state index in [2.05, 4.69) is 21.2 Å². The average molecular weight is 329 g/mol. The van der Waals surface area contributed by atoms with E-state index in [1.165, 1.54) is 6.07 Å². The molecule has 1 atom stereocenters. The number of hydrogen-bond donors (Lipinski definition) is 1. The number of nitro groups is 1. The Labute approximate surface area is 120 Å². The van der Waals surface area contributed by atoms with Gasteiger partial charge in [0.05, 0.1) is 4.92 Å². The molecule has 1 rings (SSSR count). The highest BCUT2D eigenvalue weighted by Crippen LogP contribution is 2.21. The van der Waals surface area contributed by atoms with Gasteiger partial charge in [-0.3, -0.25) is 14.9 Å². The van der Waals surface area contributed by atoms with Gasteiger partial charge in [0.2, 0.25) is 0 Å². The predicted octanol–water partition coefficient (Wildman–Crippen LogP) is 3.20. The van der Waals surface area contributed by atoms with Crippen molar-refractivity contribution in [3.05, 3.63) is 39.4 Å². The molecule has 1 amide bonds. The molecule has 6 heteroatoms. The molecule has 1 N–H and O–H groups in total. The molecule has 104 valence electrons. The summed E-state index contributed by atoms with van der Waals surface area (Å²) in [4.78, 5) is 22.8. The fraction of sp³-hybridized carbons (Fsp3) is 0.462. The van der Waals surface area contributed by atoms with Crippen LogP contribution in [0.4, 0.5) is 5.69 Å². The molecule has 0 spiro atoms. The van der Waals surface area contributed by atoms with Crippen LogP contribution >= 0.6 is 15.9 Å². The largest absolute Gasteiger partial charge is 0.352 e. The standard InChI is InChI=1S/C13H17BrN2O3/c1-3-10(14)7-8-15-13(17)12-9(2)5-4-6-11(12)16(18)19/h4-6,10H,3,7-8H2,1-2H3,(H,15,17). The Kier molecular flexibility index (Phi) is 5.95. The predicted molar refractivity (Wildman–Crippen MR) is 77.8 cm³/mol. The molecule has 0 aliphatic carbocycles. The van der Waals surface area contributed by atoms with Gasteiger partial charge in [-0.05, 0) is 25.3 Å². The lowest BCUT2D eigenvalue weighted by molar-refractivity contribution is -0.385. The minimum atomic E-state index is -0.527. The van der Waals surface area contributed by atoms with Gasteiger partial charge in [-0.25, -0.2) is 0 Å². The zero-order chi connectivity index (χ0) is 14.4. The summed E-state index contributed by atoms with van der Waals surface area (Å²) in [6.07, 6.45) is 1.77. The lowest BCUT2D eigenvalue weighted by atomic mass is 10.1. The van der Waals surface area contributed by atoms with Crippen molar-refractivity contribution in [2.24, 2.45) is 0 Å². The van der Waals surface area contributed by atoms with Crippen LogP contribution in [0.15, 0.2) is 18.2 Å². The van der Waals surface area contributed by atoms with Gasteiger partial charge in [0.15, 0.2) is 0 Å². The second-order valence-corrected chi connectivity index (χ2v) is 5.57. The van der Waals surface area contributed by atoms with Gasteiger partial charge in [0.1, 0.15) is 5.56 Å². The zero-order valence-corrected chi connectivity index (χ0v) is 12.6. The Bertz CT molecular complexity index is 477. The fourth-order valence-corrected chi connectivity index (χ4v) is 1.96. The van der Waals surface area contributed by atoms with E-state index >= 15 is 0 Å². The number of rotatable bonds is 6. The quantitative estimate of drug-likeness (QED) is 0.495. The highest BCUT2D eigenvalue weighted by atomic mass is 79.9. The van der Waals surface area contributed by atoms with Gasteiger partial charge in [-0.2, -0.15) is 0 Å². The molecule has 1 aromatic carbocycles. The van der Waals surface area contributed by atoms with Crippen molar-refractivity contribution >= 4 is 27.5 Å². The molecular formula is C13H17BrN2O3. The van der Waals surface area contributed by atoms with Gasteiger partial charge >= 0.3 is 0 Å². The molecule has 0 aliphatic heterocycles. The summed E-state index contributed by atoms with van der Waals surface area (Å²) >= 11 is 3.48. The first-order valence-electron chi connectivity index (χ1n) is 6.13. The van der Waals surface area contributed by atoms with Crippen molar-refractivity contribution in [1.82, 2.24) is 5.32 Å². The molecule has 0 radical (unpaired) electrons. The number of alkyl halides is 1. The zero-order valence-electron chi connectivity index (χ0n) is 11.0. The molecule has 0 aromatic heterocycles. The number of aryl methyl sites for hydroxylation is 1. The second-order valence-electron chi connectivity index (χ2n) is 4.28. The van der Waals surface area contributed by atoms with Gasteiger partial charge in [0.25, 0.3) is 11.6 Å². The van der Waals surface area contributed by atoms with Crippen LogP contribution < -0.4 is 5.32 Å². The average Bonchev–Trinajstić information content (AvgIpc) is 2.37. The van der Waals surface area contributed by atoms with Crippen molar-refractivity contribution in [2.75, 3.05) is 6.54 Å². The summed E-state index contributed by atoms with van der Waals surface area (Å²) in [6.45, 7) is 4.24. The summed E-state index contributed by atoms with van der Waals surface area (Å²) in [5.41, 5.74) is 0.607. The van der Waals surface area contributed by atoms with Crippen LogP contribution in [0, 0.1) is 17.0 Å². The number of carbonyl (C=O) groups excluding carboxylic acids is 1. The van der Waals surface area contributed by atoms with E-state index in [9.17, 15) is 14.9 Å². The SMILES string of the molecule is CCC(Br)CCNC(=O)c1c(C)cccc1[N+](=O)[O-]. The Hall–Kier alpha value is -1.43. The van der Waals surface area contributed by atoms with Gasteiger partial charge < -0.3 is 5.32 Å². The minimum absolute atomic E-state index is 0.148. The monoisotopic (exact) mass is 328 g/mol. The first-order valence-corrected chi connectivity index (χ1v) is 7.05. The van der Waals surface area contributed by atoms with Gasteiger partial charge in [-0.15, -0.1) is 0 Å². The second kappa shape index (κ2) is 7.23. The van der Waals surface area contributed by atoms with Crippen LogP contribution in [0.2, 0.25) is 0 Å². The number of benzene rings is 1. The molecule has 0 fully saturated rings. The highest BCUT2D eigenvalue weighted by Gasteiger charge is 2.21. The Morgan fingerprint density at radius 1 is 1.53 bits per heavy atom. The summed E-state index contributed by atoms with van der Waals surface area (Å²) in [7, 11) is 0. The third-order valence-corrected chi connectivity index (χ3v) is 3.97. The van der Waals surface area contributed by atoms with Crippen molar-refractivity contribution in [3.8, 4) is 0 Å². The summed E-state index contributed by atoms with van der Waals surface area (Å²) in [6, 6.07) is 4.62. The lowest BCUT2D eigenvalue weighted by Gasteiger charge is -2.10. The molecule has 1 aromatic rings. The number of hydrogen-bond acceptors (Lipinski definition) is 3. The molecule has 1 unspecified atom stereocenters. The summed E-state index contributed by atoms with van der Waals surface area (Å²) in [5, 5.41) is 13.7. The molecule has 0 aliphatic rings. The third kappa shape index (κ3) is 4.31. The molecule has 0 saturated carbocycles. The van der Waals surface area contributed by atoms with E-state index in [-0.39, 0.29) is 17.2 Å². The molecule has 5 nitrogen and oxygen atoms in total. The van der Waals surface area contributed by atoms with E-state index in [0.717, 1.165) is 12.8 Å². The van der Waals surface area contributed by atoms with E-state index in [0.29, 0.717) is 16.9 Å². The van der Waals surface area contributed by atoms with Crippen molar-refractivity contribution < 1.29 is 9.72 Å². The number of halogens is 1. The van der Waals surface area contributed by atoms with Crippen LogP contribution in [-0.4, -0.2) is 22.2 Å².